The molecule has 8 heteroatoms. The number of nitrogens with one attached hydrogen (secondary N) is 1. The Balaban J connectivity index is 1.39. The second kappa shape index (κ2) is 9.44. The van der Waals surface area contributed by atoms with Crippen LogP contribution in [0.5, 0.6) is 5.75 Å². The van der Waals surface area contributed by atoms with E-state index in [0.717, 1.165) is 28.3 Å². The first kappa shape index (κ1) is 20.6. The van der Waals surface area contributed by atoms with Crippen LogP contribution in [-0.4, -0.2) is 33.6 Å². The van der Waals surface area contributed by atoms with Crippen molar-refractivity contribution in [2.75, 3.05) is 0 Å². The Hall–Kier alpha value is -3.65. The number of fused-ring (bicyclic) bond motifs is 1. The number of amidine groups is 1. The van der Waals surface area contributed by atoms with Crippen LogP contribution in [-0.2, 0) is 16.2 Å². The quantitative estimate of drug-likeness (QED) is 0.436. The van der Waals surface area contributed by atoms with Gasteiger partial charge in [0.25, 0.3) is 0 Å². The fraction of sp³-hybridized carbons (Fsp3) is 0.130. The summed E-state index contributed by atoms with van der Waals surface area (Å²) in [5.41, 5.74) is 1.89. The van der Waals surface area contributed by atoms with Crippen LogP contribution in [0.2, 0.25) is 0 Å². The van der Waals surface area contributed by atoms with Gasteiger partial charge in [-0.2, -0.15) is 5.10 Å². The average Bonchev–Trinajstić information content (AvgIpc) is 3.11. The molecule has 3 aromatic rings. The van der Waals surface area contributed by atoms with E-state index in [1.165, 1.54) is 5.39 Å². The third-order valence-electron chi connectivity index (χ3n) is 4.62. The highest BCUT2D eigenvalue weighted by molar-refractivity contribution is 8.15. The van der Waals surface area contributed by atoms with Crippen LogP contribution >= 0.6 is 11.8 Å². The molecule has 1 amide bonds. The summed E-state index contributed by atoms with van der Waals surface area (Å²) in [4.78, 5) is 22.5. The van der Waals surface area contributed by atoms with Gasteiger partial charge in [0.05, 0.1) is 12.6 Å². The molecule has 4 rings (SSSR count). The first-order valence-corrected chi connectivity index (χ1v) is 10.5. The van der Waals surface area contributed by atoms with Crippen LogP contribution in [0.15, 0.2) is 76.9 Å². The summed E-state index contributed by atoms with van der Waals surface area (Å²) in [6.07, 6.45) is 1.30. The van der Waals surface area contributed by atoms with Crippen LogP contribution in [0.25, 0.3) is 10.8 Å². The number of hydrogen-bond acceptors (Lipinski definition) is 6. The lowest BCUT2D eigenvalue weighted by atomic mass is 10.1. The maximum absolute atomic E-state index is 11.7. The van der Waals surface area contributed by atoms with Gasteiger partial charge in [-0.15, -0.1) is 5.10 Å². The fourth-order valence-corrected chi connectivity index (χ4v) is 4.07. The van der Waals surface area contributed by atoms with E-state index in [4.69, 9.17) is 9.84 Å². The van der Waals surface area contributed by atoms with E-state index in [0.29, 0.717) is 12.4 Å². The number of carboxylic acid groups (broad SMARTS) is 1. The number of ether oxygens (including phenoxy) is 1. The van der Waals surface area contributed by atoms with Crippen molar-refractivity contribution in [1.29, 1.82) is 0 Å². The number of benzene rings is 3. The summed E-state index contributed by atoms with van der Waals surface area (Å²) >= 11 is 1.06. The summed E-state index contributed by atoms with van der Waals surface area (Å²) in [6.45, 7) is 0.442. The Morgan fingerprint density at radius 1 is 1.13 bits per heavy atom. The molecule has 1 fully saturated rings. The van der Waals surface area contributed by atoms with Crippen molar-refractivity contribution in [3.8, 4) is 5.75 Å². The van der Waals surface area contributed by atoms with Crippen LogP contribution < -0.4 is 10.1 Å². The second-order valence-electron chi connectivity index (χ2n) is 6.84. The lowest BCUT2D eigenvalue weighted by molar-refractivity contribution is -0.138. The standard InChI is InChI=1S/C23H19N3O4S/c27-21(28)12-20-22(29)25-23(31-20)26-24-13-15-5-3-9-18(11-15)30-14-17-8-4-7-16-6-1-2-10-19(16)17/h1-11,13,20H,12,14H2,(H,27,28)(H,25,26,29). The van der Waals surface area contributed by atoms with Crippen molar-refractivity contribution in [2.45, 2.75) is 18.3 Å². The molecule has 2 N–H and O–H groups in total. The highest BCUT2D eigenvalue weighted by Gasteiger charge is 2.32. The average molecular weight is 433 g/mol. The number of carbonyl (C=O) groups is 2. The highest BCUT2D eigenvalue weighted by atomic mass is 32.2. The van der Waals surface area contributed by atoms with E-state index in [1.54, 1.807) is 6.21 Å². The zero-order valence-corrected chi connectivity index (χ0v) is 17.2. The van der Waals surface area contributed by atoms with Crippen molar-refractivity contribution >= 4 is 45.8 Å². The summed E-state index contributed by atoms with van der Waals surface area (Å²) in [6, 6.07) is 21.8. The topological polar surface area (TPSA) is 100 Å². The van der Waals surface area contributed by atoms with Crippen molar-refractivity contribution < 1.29 is 19.4 Å². The molecule has 0 spiro atoms. The number of amides is 1. The molecule has 7 nitrogen and oxygen atoms in total. The van der Waals surface area contributed by atoms with Crippen molar-refractivity contribution in [3.63, 3.8) is 0 Å². The number of aliphatic carboxylic acids is 1. The summed E-state index contributed by atoms with van der Waals surface area (Å²) in [7, 11) is 0. The molecular weight excluding hydrogens is 414 g/mol. The smallest absolute Gasteiger partial charge is 0.305 e. The second-order valence-corrected chi connectivity index (χ2v) is 8.03. The molecule has 0 aromatic heterocycles. The summed E-state index contributed by atoms with van der Waals surface area (Å²) in [5.74, 6) is -0.697. The molecule has 1 aliphatic rings. The molecule has 0 radical (unpaired) electrons. The molecule has 31 heavy (non-hydrogen) atoms. The number of rotatable bonds is 7. The molecule has 156 valence electrons. The lowest BCUT2D eigenvalue weighted by Crippen LogP contribution is -2.26. The van der Waals surface area contributed by atoms with Crippen LogP contribution in [0.3, 0.4) is 0 Å². The van der Waals surface area contributed by atoms with Gasteiger partial charge in [-0.1, -0.05) is 66.4 Å². The summed E-state index contributed by atoms with van der Waals surface area (Å²) < 4.78 is 5.97. The van der Waals surface area contributed by atoms with E-state index in [-0.39, 0.29) is 17.5 Å². The SMILES string of the molecule is O=C(O)CC1SC(=NN=Cc2cccc(OCc3cccc4ccccc34)c2)NC1=O. The number of carboxylic acids is 1. The number of nitrogens with zero attached hydrogens (tertiary/aromatic N) is 2. The van der Waals surface area contributed by atoms with Gasteiger partial charge in [0.2, 0.25) is 5.91 Å². The Labute approximate surface area is 182 Å². The van der Waals surface area contributed by atoms with E-state index in [1.807, 2.05) is 42.5 Å². The minimum atomic E-state index is -1.03. The Morgan fingerprint density at radius 3 is 2.81 bits per heavy atom. The van der Waals surface area contributed by atoms with E-state index in [9.17, 15) is 9.59 Å². The van der Waals surface area contributed by atoms with E-state index < -0.39 is 11.2 Å². The summed E-state index contributed by atoms with van der Waals surface area (Å²) in [5, 5.41) is 21.3. The number of carbonyl (C=O) groups excluding carboxylic acids is 1. The Kier molecular flexibility index (Phi) is 6.28. The largest absolute Gasteiger partial charge is 0.489 e. The van der Waals surface area contributed by atoms with E-state index >= 15 is 0 Å². The fourth-order valence-electron chi connectivity index (χ4n) is 3.16. The first-order chi connectivity index (χ1) is 15.1. The van der Waals surface area contributed by atoms with Crippen LogP contribution in [0.1, 0.15) is 17.5 Å². The Bertz CT molecular complexity index is 1190. The van der Waals surface area contributed by atoms with Gasteiger partial charge in [0.15, 0.2) is 5.17 Å². The highest BCUT2D eigenvalue weighted by Crippen LogP contribution is 2.23. The molecule has 1 unspecified atom stereocenters. The third-order valence-corrected chi connectivity index (χ3v) is 5.70. The minimum absolute atomic E-state index is 0.255. The molecule has 0 saturated carbocycles. The first-order valence-electron chi connectivity index (χ1n) is 9.58. The predicted octanol–water partition coefficient (Wildman–Crippen LogP) is 3.82. The van der Waals surface area contributed by atoms with Crippen LogP contribution in [0, 0.1) is 0 Å². The van der Waals surface area contributed by atoms with Gasteiger partial charge in [0.1, 0.15) is 17.6 Å². The third kappa shape index (κ3) is 5.29. The maximum atomic E-state index is 11.7. The predicted molar refractivity (Wildman–Crippen MR) is 122 cm³/mol. The number of hydrogen-bond donors (Lipinski definition) is 2. The van der Waals surface area contributed by atoms with Crippen molar-refractivity contribution in [1.82, 2.24) is 5.32 Å². The molecule has 3 aromatic carbocycles. The van der Waals surface area contributed by atoms with Gasteiger partial charge >= 0.3 is 5.97 Å². The molecule has 0 bridgehead atoms. The minimum Gasteiger partial charge on any atom is -0.489 e. The van der Waals surface area contributed by atoms with Gasteiger partial charge in [-0.05, 0) is 34.0 Å². The molecule has 0 aliphatic carbocycles. The molecular formula is C23H19N3O4S. The molecule has 1 saturated heterocycles. The maximum Gasteiger partial charge on any atom is 0.305 e. The number of thioether (sulfide) groups is 1. The van der Waals surface area contributed by atoms with Gasteiger partial charge in [0, 0.05) is 0 Å². The van der Waals surface area contributed by atoms with E-state index in [2.05, 4.69) is 39.8 Å². The molecule has 1 aliphatic heterocycles. The molecule has 1 atom stereocenters. The van der Waals surface area contributed by atoms with Crippen LogP contribution in [0.4, 0.5) is 0 Å². The Morgan fingerprint density at radius 2 is 1.94 bits per heavy atom. The van der Waals surface area contributed by atoms with Crippen molar-refractivity contribution in [2.24, 2.45) is 10.2 Å². The van der Waals surface area contributed by atoms with Gasteiger partial charge in [-0.3, -0.25) is 9.59 Å². The lowest BCUT2D eigenvalue weighted by Gasteiger charge is -2.09. The normalized spacial score (nSPS) is 17.4. The van der Waals surface area contributed by atoms with Crippen molar-refractivity contribution in [3.05, 3.63) is 77.9 Å². The monoisotopic (exact) mass is 433 g/mol. The zero-order valence-electron chi connectivity index (χ0n) is 16.4. The van der Waals surface area contributed by atoms with Gasteiger partial charge in [-0.25, -0.2) is 0 Å². The zero-order chi connectivity index (χ0) is 21.6. The van der Waals surface area contributed by atoms with Gasteiger partial charge < -0.3 is 15.2 Å². The molecule has 1 heterocycles.